The number of carbonyl (C=O) groups is 2. The molecule has 0 spiro atoms. The Morgan fingerprint density at radius 2 is 2.15 bits per heavy atom. The molecule has 1 aliphatic carbocycles. The van der Waals surface area contributed by atoms with E-state index in [0.29, 0.717) is 18.4 Å². The predicted octanol–water partition coefficient (Wildman–Crippen LogP) is 2.57. The molecule has 0 radical (unpaired) electrons. The molecule has 0 amide bonds. The molecule has 0 saturated heterocycles. The summed E-state index contributed by atoms with van der Waals surface area (Å²) in [6, 6.07) is 4.15. The van der Waals surface area contributed by atoms with E-state index >= 15 is 0 Å². The summed E-state index contributed by atoms with van der Waals surface area (Å²) in [5.41, 5.74) is 0.440. The Balaban J connectivity index is 2.15. The number of rotatable bonds is 3. The molecule has 20 heavy (non-hydrogen) atoms. The van der Waals surface area contributed by atoms with Gasteiger partial charge in [-0.05, 0) is 32.3 Å². The Hall–Kier alpha value is -2.24. The first-order valence-electron chi connectivity index (χ1n) is 6.48. The van der Waals surface area contributed by atoms with Gasteiger partial charge in [-0.2, -0.15) is 0 Å². The molecule has 6 nitrogen and oxygen atoms in total. The topological polar surface area (TPSA) is 86.5 Å². The van der Waals surface area contributed by atoms with Gasteiger partial charge in [-0.15, -0.1) is 0 Å². The van der Waals surface area contributed by atoms with Crippen LogP contribution >= 0.6 is 0 Å². The van der Waals surface area contributed by atoms with Crippen LogP contribution in [-0.4, -0.2) is 22.8 Å². The van der Waals surface area contributed by atoms with E-state index in [2.05, 4.69) is 0 Å². The van der Waals surface area contributed by atoms with Crippen LogP contribution in [0.3, 0.4) is 0 Å². The van der Waals surface area contributed by atoms with Crippen molar-refractivity contribution in [3.63, 3.8) is 0 Å². The van der Waals surface area contributed by atoms with Gasteiger partial charge < -0.3 is 4.74 Å². The van der Waals surface area contributed by atoms with Crippen LogP contribution in [0.2, 0.25) is 0 Å². The number of nitrogens with zero attached hydrogens (tertiary/aromatic N) is 1. The lowest BCUT2D eigenvalue weighted by atomic mass is 9.96. The second kappa shape index (κ2) is 5.81. The predicted molar refractivity (Wildman–Crippen MR) is 70.5 cm³/mol. The summed E-state index contributed by atoms with van der Waals surface area (Å²) in [5.74, 6) is -0.764. The Labute approximate surface area is 115 Å². The molecule has 2 rings (SSSR count). The molecule has 0 aliphatic heterocycles. The third-order valence-corrected chi connectivity index (χ3v) is 3.39. The summed E-state index contributed by atoms with van der Waals surface area (Å²) in [6.45, 7) is 1.60. The summed E-state index contributed by atoms with van der Waals surface area (Å²) in [7, 11) is 0. The second-order valence-electron chi connectivity index (χ2n) is 4.86. The first-order valence-corrected chi connectivity index (χ1v) is 6.48. The normalized spacial score (nSPS) is 18.6. The van der Waals surface area contributed by atoms with Gasteiger partial charge >= 0.3 is 5.97 Å². The molecule has 1 aliphatic rings. The molecule has 1 saturated carbocycles. The number of carbonyl (C=O) groups excluding carboxylic acids is 2. The lowest BCUT2D eigenvalue weighted by molar-refractivity contribution is -0.385. The second-order valence-corrected chi connectivity index (χ2v) is 4.86. The zero-order valence-corrected chi connectivity index (χ0v) is 11.1. The van der Waals surface area contributed by atoms with Crippen molar-refractivity contribution in [1.82, 2.24) is 0 Å². The zero-order chi connectivity index (χ0) is 14.7. The molecular weight excluding hydrogens is 262 g/mol. The number of aryl methyl sites for hydroxylation is 1. The molecule has 0 bridgehead atoms. The first kappa shape index (κ1) is 14.2. The molecular formula is C14H15NO5. The highest BCUT2D eigenvalue weighted by molar-refractivity contribution is 5.93. The van der Waals surface area contributed by atoms with E-state index < -0.39 is 17.0 Å². The average Bonchev–Trinajstić information content (AvgIpc) is 2.41. The minimum absolute atomic E-state index is 0.0776. The van der Waals surface area contributed by atoms with Gasteiger partial charge in [-0.25, -0.2) is 4.79 Å². The molecule has 6 heteroatoms. The van der Waals surface area contributed by atoms with E-state index in [4.69, 9.17) is 4.74 Å². The number of ketones is 1. The fourth-order valence-electron chi connectivity index (χ4n) is 2.21. The Morgan fingerprint density at radius 1 is 1.40 bits per heavy atom. The average molecular weight is 277 g/mol. The van der Waals surface area contributed by atoms with E-state index in [0.717, 1.165) is 12.8 Å². The molecule has 106 valence electrons. The molecule has 1 atom stereocenters. The number of ether oxygens (including phenoxy) is 1. The summed E-state index contributed by atoms with van der Waals surface area (Å²) in [6.07, 6.45) is 1.90. The molecule has 0 aromatic heterocycles. The number of hydrogen-bond donors (Lipinski definition) is 0. The van der Waals surface area contributed by atoms with Gasteiger partial charge in [0.25, 0.3) is 5.69 Å². The number of hydrogen-bond acceptors (Lipinski definition) is 5. The van der Waals surface area contributed by atoms with Crippen LogP contribution in [0.5, 0.6) is 0 Å². The van der Waals surface area contributed by atoms with Crippen molar-refractivity contribution in [1.29, 1.82) is 0 Å². The van der Waals surface area contributed by atoms with Crippen LogP contribution in [0.1, 0.15) is 41.6 Å². The van der Waals surface area contributed by atoms with Gasteiger partial charge in [-0.3, -0.25) is 14.9 Å². The fourth-order valence-corrected chi connectivity index (χ4v) is 2.21. The van der Waals surface area contributed by atoms with Gasteiger partial charge in [0.05, 0.1) is 10.5 Å². The number of Topliss-reactive ketones (excluding diaryl/α,β-unsaturated/α-hetero) is 1. The first-order chi connectivity index (χ1) is 9.49. The smallest absolute Gasteiger partial charge is 0.339 e. The summed E-state index contributed by atoms with van der Waals surface area (Å²) >= 11 is 0. The third-order valence-electron chi connectivity index (χ3n) is 3.39. The van der Waals surface area contributed by atoms with Crippen LogP contribution in [0.15, 0.2) is 18.2 Å². The Morgan fingerprint density at radius 3 is 2.80 bits per heavy atom. The molecule has 1 aromatic carbocycles. The minimum Gasteiger partial charge on any atom is -0.451 e. The molecule has 1 aromatic rings. The third kappa shape index (κ3) is 3.01. The van der Waals surface area contributed by atoms with Gasteiger partial charge in [0.2, 0.25) is 0 Å². The number of nitro benzene ring substituents is 1. The van der Waals surface area contributed by atoms with Crippen molar-refractivity contribution >= 4 is 17.4 Å². The van der Waals surface area contributed by atoms with Crippen LogP contribution in [-0.2, 0) is 9.53 Å². The largest absolute Gasteiger partial charge is 0.451 e. The van der Waals surface area contributed by atoms with Crippen molar-refractivity contribution in [3.8, 4) is 0 Å². The summed E-state index contributed by atoms with van der Waals surface area (Å²) in [5, 5.41) is 10.8. The maximum Gasteiger partial charge on any atom is 0.339 e. The highest BCUT2D eigenvalue weighted by Gasteiger charge is 2.27. The van der Waals surface area contributed by atoms with Crippen molar-refractivity contribution in [2.75, 3.05) is 0 Å². The van der Waals surface area contributed by atoms with Gasteiger partial charge in [-0.1, -0.05) is 6.07 Å². The number of esters is 1. The zero-order valence-electron chi connectivity index (χ0n) is 11.1. The van der Waals surface area contributed by atoms with E-state index in [1.165, 1.54) is 18.2 Å². The summed E-state index contributed by atoms with van der Waals surface area (Å²) in [4.78, 5) is 33.8. The van der Waals surface area contributed by atoms with Crippen molar-refractivity contribution in [2.24, 2.45) is 0 Å². The quantitative estimate of drug-likeness (QED) is 0.481. The summed E-state index contributed by atoms with van der Waals surface area (Å²) < 4.78 is 5.15. The van der Waals surface area contributed by atoms with E-state index in [1.807, 2.05) is 0 Å². The molecule has 1 fully saturated rings. The maximum absolute atomic E-state index is 11.9. The van der Waals surface area contributed by atoms with Crippen LogP contribution < -0.4 is 0 Å². The van der Waals surface area contributed by atoms with E-state index in [1.54, 1.807) is 6.92 Å². The lowest BCUT2D eigenvalue weighted by Crippen LogP contribution is -2.30. The standard InChI is InChI=1S/C14H15NO5/c1-9-6-7-10(8-11(9)15(18)19)14(17)20-13-5-3-2-4-12(13)16/h6-8,13H,2-5H2,1H3. The molecule has 0 N–H and O–H groups in total. The Kier molecular flexibility index (Phi) is 4.12. The molecule has 1 unspecified atom stereocenters. The SMILES string of the molecule is Cc1ccc(C(=O)OC2CCCCC2=O)cc1[N+](=O)[O-]. The van der Waals surface area contributed by atoms with E-state index in [9.17, 15) is 19.7 Å². The van der Waals surface area contributed by atoms with Gasteiger partial charge in [0.1, 0.15) is 0 Å². The van der Waals surface area contributed by atoms with Crippen molar-refractivity contribution < 1.29 is 19.2 Å². The maximum atomic E-state index is 11.9. The monoisotopic (exact) mass is 277 g/mol. The van der Waals surface area contributed by atoms with E-state index in [-0.39, 0.29) is 17.0 Å². The van der Waals surface area contributed by atoms with Crippen LogP contribution in [0, 0.1) is 17.0 Å². The van der Waals surface area contributed by atoms with Crippen molar-refractivity contribution in [2.45, 2.75) is 38.7 Å². The Bertz CT molecular complexity index is 567. The van der Waals surface area contributed by atoms with Crippen molar-refractivity contribution in [3.05, 3.63) is 39.4 Å². The van der Waals surface area contributed by atoms with Crippen LogP contribution in [0.4, 0.5) is 5.69 Å². The highest BCUT2D eigenvalue weighted by Crippen LogP contribution is 2.22. The van der Waals surface area contributed by atoms with Gasteiger partial charge in [0.15, 0.2) is 11.9 Å². The minimum atomic E-state index is -0.711. The fraction of sp³-hybridized carbons (Fsp3) is 0.429. The van der Waals surface area contributed by atoms with Crippen LogP contribution in [0.25, 0.3) is 0 Å². The lowest BCUT2D eigenvalue weighted by Gasteiger charge is -2.20. The number of nitro groups is 1. The number of benzene rings is 1. The van der Waals surface area contributed by atoms with Gasteiger partial charge in [0, 0.05) is 18.1 Å². The molecule has 0 heterocycles. The highest BCUT2D eigenvalue weighted by atomic mass is 16.6.